The number of aromatic nitrogens is 2. The molecule has 0 aromatic carbocycles. The number of rotatable bonds is 5. The summed E-state index contributed by atoms with van der Waals surface area (Å²) in [7, 11) is 0. The summed E-state index contributed by atoms with van der Waals surface area (Å²) in [5.41, 5.74) is 6.66. The fraction of sp³-hybridized carbons (Fsp3) is 0.714. The fourth-order valence-electron chi connectivity index (χ4n) is 3.09. The Morgan fingerprint density at radius 1 is 1.42 bits per heavy atom. The van der Waals surface area contributed by atoms with Gasteiger partial charge in [0.05, 0.1) is 0 Å². The van der Waals surface area contributed by atoms with E-state index in [9.17, 15) is 5.11 Å². The average molecular weight is 264 g/mol. The van der Waals surface area contributed by atoms with E-state index in [0.29, 0.717) is 5.95 Å². The van der Waals surface area contributed by atoms with E-state index in [1.165, 1.54) is 0 Å². The van der Waals surface area contributed by atoms with Gasteiger partial charge in [-0.05, 0) is 25.8 Å². The molecule has 5 nitrogen and oxygen atoms in total. The first-order valence-corrected chi connectivity index (χ1v) is 7.07. The number of nitrogen functional groups attached to an aromatic ring is 1. The van der Waals surface area contributed by atoms with Crippen LogP contribution in [0.3, 0.4) is 0 Å². The second kappa shape index (κ2) is 6.30. The molecule has 2 rings (SSSR count). The van der Waals surface area contributed by atoms with Crippen LogP contribution in [0.25, 0.3) is 0 Å². The molecule has 0 saturated carbocycles. The molecule has 1 aromatic rings. The predicted molar refractivity (Wildman–Crippen MR) is 75.4 cm³/mol. The van der Waals surface area contributed by atoms with Gasteiger partial charge in [0.2, 0.25) is 5.95 Å². The van der Waals surface area contributed by atoms with E-state index in [4.69, 9.17) is 5.73 Å². The van der Waals surface area contributed by atoms with Crippen LogP contribution in [0.5, 0.6) is 0 Å². The predicted octanol–water partition coefficient (Wildman–Crippen LogP) is 1.43. The van der Waals surface area contributed by atoms with E-state index in [2.05, 4.69) is 21.8 Å². The number of hydrogen-bond donors (Lipinski definition) is 2. The zero-order valence-corrected chi connectivity index (χ0v) is 11.7. The molecule has 1 saturated heterocycles. The lowest BCUT2D eigenvalue weighted by Gasteiger charge is -2.42. The molecule has 1 aliphatic rings. The van der Waals surface area contributed by atoms with Gasteiger partial charge in [-0.1, -0.05) is 13.3 Å². The van der Waals surface area contributed by atoms with Crippen LogP contribution >= 0.6 is 0 Å². The smallest absolute Gasteiger partial charge is 0.219 e. The minimum atomic E-state index is 0.0850. The molecular weight excluding hydrogens is 240 g/mol. The molecule has 0 spiro atoms. The molecule has 1 fully saturated rings. The highest BCUT2D eigenvalue weighted by molar-refractivity contribution is 5.17. The fourth-order valence-corrected chi connectivity index (χ4v) is 3.09. The van der Waals surface area contributed by atoms with Gasteiger partial charge in [-0.25, -0.2) is 9.97 Å². The van der Waals surface area contributed by atoms with E-state index in [1.807, 2.05) is 0 Å². The summed E-state index contributed by atoms with van der Waals surface area (Å²) >= 11 is 0. The Morgan fingerprint density at radius 3 is 2.79 bits per heavy atom. The molecule has 19 heavy (non-hydrogen) atoms. The standard InChI is InChI=1S/C14H24N4O/c1-2-4-14(11-19)5-3-6-18(10-14)9-12-7-16-13(15)17-8-12/h7-8,19H,2-6,9-11H2,1H3,(H2,15,16,17)/t14-/m0/s1. The molecule has 0 bridgehead atoms. The van der Waals surface area contributed by atoms with E-state index >= 15 is 0 Å². The molecule has 106 valence electrons. The van der Waals surface area contributed by atoms with Crippen molar-refractivity contribution in [2.75, 3.05) is 25.4 Å². The topological polar surface area (TPSA) is 75.3 Å². The van der Waals surface area contributed by atoms with Crippen molar-refractivity contribution in [2.24, 2.45) is 5.41 Å². The Kier molecular flexibility index (Phi) is 4.71. The maximum absolute atomic E-state index is 9.73. The highest BCUT2D eigenvalue weighted by atomic mass is 16.3. The number of aliphatic hydroxyl groups excluding tert-OH is 1. The quantitative estimate of drug-likeness (QED) is 0.841. The van der Waals surface area contributed by atoms with Gasteiger partial charge in [-0.3, -0.25) is 4.90 Å². The summed E-state index contributed by atoms with van der Waals surface area (Å²) in [6.45, 7) is 5.35. The van der Waals surface area contributed by atoms with Crippen LogP contribution in [0.1, 0.15) is 38.2 Å². The van der Waals surface area contributed by atoms with E-state index in [-0.39, 0.29) is 12.0 Å². The number of anilines is 1. The summed E-state index contributed by atoms with van der Waals surface area (Å²) in [5, 5.41) is 9.73. The summed E-state index contributed by atoms with van der Waals surface area (Å²) in [6.07, 6.45) is 8.08. The summed E-state index contributed by atoms with van der Waals surface area (Å²) < 4.78 is 0. The minimum Gasteiger partial charge on any atom is -0.396 e. The number of nitrogens with two attached hydrogens (primary N) is 1. The van der Waals surface area contributed by atoms with Gasteiger partial charge in [0, 0.05) is 43.1 Å². The second-order valence-electron chi connectivity index (χ2n) is 5.67. The third-order valence-electron chi connectivity index (χ3n) is 3.99. The van der Waals surface area contributed by atoms with Crippen molar-refractivity contribution < 1.29 is 5.11 Å². The molecule has 1 aliphatic heterocycles. The average Bonchev–Trinajstić information content (AvgIpc) is 2.42. The van der Waals surface area contributed by atoms with Gasteiger partial charge in [-0.2, -0.15) is 0 Å². The van der Waals surface area contributed by atoms with Crippen LogP contribution < -0.4 is 5.73 Å². The Labute approximate surface area is 114 Å². The number of hydrogen-bond acceptors (Lipinski definition) is 5. The van der Waals surface area contributed by atoms with E-state index in [1.54, 1.807) is 12.4 Å². The molecule has 0 unspecified atom stereocenters. The van der Waals surface area contributed by atoms with Crippen LogP contribution in [0.15, 0.2) is 12.4 Å². The minimum absolute atomic E-state index is 0.0850. The van der Waals surface area contributed by atoms with Crippen LogP contribution in [-0.2, 0) is 6.54 Å². The maximum atomic E-state index is 9.73. The zero-order chi connectivity index (χ0) is 13.7. The molecular formula is C14H24N4O. The lowest BCUT2D eigenvalue weighted by Crippen LogP contribution is -2.44. The molecule has 0 amide bonds. The highest BCUT2D eigenvalue weighted by Gasteiger charge is 2.33. The Balaban J connectivity index is 1.99. The Morgan fingerprint density at radius 2 is 2.16 bits per heavy atom. The third kappa shape index (κ3) is 3.64. The van der Waals surface area contributed by atoms with E-state index < -0.39 is 0 Å². The van der Waals surface area contributed by atoms with Crippen LogP contribution in [-0.4, -0.2) is 39.7 Å². The van der Waals surface area contributed by atoms with Crippen LogP contribution in [0.2, 0.25) is 0 Å². The highest BCUT2D eigenvalue weighted by Crippen LogP contribution is 2.34. The lowest BCUT2D eigenvalue weighted by molar-refractivity contribution is 0.0215. The third-order valence-corrected chi connectivity index (χ3v) is 3.99. The Hall–Kier alpha value is -1.20. The van der Waals surface area contributed by atoms with Crippen molar-refractivity contribution in [3.8, 4) is 0 Å². The lowest BCUT2D eigenvalue weighted by atomic mass is 9.77. The first-order chi connectivity index (χ1) is 9.17. The number of likely N-dealkylation sites (tertiary alicyclic amines) is 1. The largest absolute Gasteiger partial charge is 0.396 e. The van der Waals surface area contributed by atoms with Crippen molar-refractivity contribution in [3.05, 3.63) is 18.0 Å². The molecule has 1 atom stereocenters. The molecule has 3 N–H and O–H groups in total. The zero-order valence-electron chi connectivity index (χ0n) is 11.7. The molecule has 1 aromatic heterocycles. The van der Waals surface area contributed by atoms with Crippen LogP contribution in [0, 0.1) is 5.41 Å². The van der Waals surface area contributed by atoms with Gasteiger partial charge in [0.25, 0.3) is 0 Å². The summed E-state index contributed by atoms with van der Waals surface area (Å²) in [5.74, 6) is 0.318. The van der Waals surface area contributed by atoms with Gasteiger partial charge >= 0.3 is 0 Å². The van der Waals surface area contributed by atoms with Gasteiger partial charge in [0.1, 0.15) is 0 Å². The summed E-state index contributed by atoms with van der Waals surface area (Å²) in [4.78, 5) is 10.4. The maximum Gasteiger partial charge on any atom is 0.219 e. The second-order valence-corrected chi connectivity index (χ2v) is 5.67. The number of aliphatic hydroxyl groups is 1. The van der Waals surface area contributed by atoms with E-state index in [0.717, 1.165) is 50.9 Å². The monoisotopic (exact) mass is 264 g/mol. The SMILES string of the molecule is CCC[C@]1(CO)CCCN(Cc2cnc(N)nc2)C1. The molecule has 5 heteroatoms. The van der Waals surface area contributed by atoms with Gasteiger partial charge in [0.15, 0.2) is 0 Å². The van der Waals surface area contributed by atoms with Crippen LogP contribution in [0.4, 0.5) is 5.95 Å². The summed E-state index contributed by atoms with van der Waals surface area (Å²) in [6, 6.07) is 0. The number of nitrogens with zero attached hydrogens (tertiary/aromatic N) is 3. The first kappa shape index (κ1) is 14.2. The normalized spacial score (nSPS) is 24.5. The van der Waals surface area contributed by atoms with Gasteiger partial charge < -0.3 is 10.8 Å². The Bertz CT molecular complexity index is 391. The molecule has 0 aliphatic carbocycles. The first-order valence-electron chi connectivity index (χ1n) is 7.07. The molecule has 0 radical (unpaired) electrons. The number of piperidine rings is 1. The van der Waals surface area contributed by atoms with Crippen molar-refractivity contribution in [1.82, 2.24) is 14.9 Å². The molecule has 2 heterocycles. The van der Waals surface area contributed by atoms with Crippen molar-refractivity contribution >= 4 is 5.95 Å². The van der Waals surface area contributed by atoms with Crippen molar-refractivity contribution in [2.45, 2.75) is 39.2 Å². The van der Waals surface area contributed by atoms with Crippen molar-refractivity contribution in [3.63, 3.8) is 0 Å². The van der Waals surface area contributed by atoms with Gasteiger partial charge in [-0.15, -0.1) is 0 Å². The van der Waals surface area contributed by atoms with Crippen molar-refractivity contribution in [1.29, 1.82) is 0 Å².